The van der Waals surface area contributed by atoms with Crippen molar-refractivity contribution < 1.29 is 27.8 Å². The first-order chi connectivity index (χ1) is 9.36. The monoisotopic (exact) mass is 383 g/mol. The van der Waals surface area contributed by atoms with Crippen molar-refractivity contribution in [1.82, 2.24) is 4.31 Å². The number of aromatic carboxylic acids is 1. The number of carbonyl (C=O) groups is 1. The normalized spacial score (nSPS) is 12.7. The first-order valence-electron chi connectivity index (χ1n) is 5.77. The Labute approximate surface area is 130 Å². The van der Waals surface area contributed by atoms with Crippen LogP contribution >= 0.6 is 15.9 Å². The summed E-state index contributed by atoms with van der Waals surface area (Å²) < 4.78 is 39.6. The quantitative estimate of drug-likeness (QED) is 0.806. The fraction of sp³-hybridized carbons (Fsp3) is 0.417. The summed E-state index contributed by atoms with van der Waals surface area (Å²) in [5.74, 6) is -2.91. The van der Waals surface area contributed by atoms with Crippen molar-refractivity contribution in [3.8, 4) is 0 Å². The third kappa shape index (κ3) is 4.22. The molecule has 0 amide bonds. The van der Waals surface area contributed by atoms with E-state index in [4.69, 9.17) is 5.11 Å². The highest BCUT2D eigenvalue weighted by Gasteiger charge is 2.31. The maximum Gasteiger partial charge on any atom is 0.338 e. The molecule has 118 valence electrons. The van der Waals surface area contributed by atoms with Crippen LogP contribution in [0, 0.1) is 5.82 Å². The van der Waals surface area contributed by atoms with E-state index in [0.717, 1.165) is 16.4 Å². The second-order valence-electron chi connectivity index (χ2n) is 5.14. The maximum atomic E-state index is 14.1. The number of halogens is 2. The Morgan fingerprint density at radius 1 is 1.43 bits per heavy atom. The molecular formula is C12H15BrFNO5S. The van der Waals surface area contributed by atoms with Crippen LogP contribution in [-0.2, 0) is 10.0 Å². The van der Waals surface area contributed by atoms with Gasteiger partial charge in [-0.15, -0.1) is 0 Å². The van der Waals surface area contributed by atoms with E-state index in [2.05, 4.69) is 15.9 Å². The second kappa shape index (κ2) is 5.99. The van der Waals surface area contributed by atoms with E-state index in [0.29, 0.717) is 0 Å². The number of hydrogen-bond acceptors (Lipinski definition) is 4. The van der Waals surface area contributed by atoms with Gasteiger partial charge < -0.3 is 10.2 Å². The molecule has 1 rings (SSSR count). The van der Waals surface area contributed by atoms with E-state index in [1.807, 2.05) is 0 Å². The van der Waals surface area contributed by atoms with Crippen molar-refractivity contribution >= 4 is 31.9 Å². The zero-order valence-corrected chi connectivity index (χ0v) is 14.0. The van der Waals surface area contributed by atoms with Gasteiger partial charge in [-0.2, -0.15) is 4.31 Å². The molecule has 0 fully saturated rings. The van der Waals surface area contributed by atoms with Crippen molar-refractivity contribution in [2.75, 3.05) is 13.6 Å². The number of aliphatic hydroxyl groups is 1. The van der Waals surface area contributed by atoms with Crippen LogP contribution in [0.3, 0.4) is 0 Å². The zero-order valence-electron chi connectivity index (χ0n) is 11.6. The lowest BCUT2D eigenvalue weighted by atomic mass is 10.1. The number of likely N-dealkylation sites (N-methyl/N-ethyl adjacent to an activating group) is 1. The van der Waals surface area contributed by atoms with Crippen molar-refractivity contribution in [2.24, 2.45) is 0 Å². The van der Waals surface area contributed by atoms with Crippen LogP contribution in [0.15, 0.2) is 21.5 Å². The smallest absolute Gasteiger partial charge is 0.338 e. The topological polar surface area (TPSA) is 94.9 Å². The predicted octanol–water partition coefficient (Wildman–Crippen LogP) is 1.68. The highest BCUT2D eigenvalue weighted by atomic mass is 79.9. The molecule has 0 bridgehead atoms. The molecule has 0 saturated heterocycles. The summed E-state index contributed by atoms with van der Waals surface area (Å²) >= 11 is 2.96. The molecule has 0 spiro atoms. The molecule has 0 aliphatic rings. The molecule has 9 heteroatoms. The average Bonchev–Trinajstić information content (AvgIpc) is 2.28. The van der Waals surface area contributed by atoms with Gasteiger partial charge in [0.2, 0.25) is 10.0 Å². The van der Waals surface area contributed by atoms with Crippen LogP contribution in [0.25, 0.3) is 0 Å². The molecule has 1 aromatic carbocycles. The minimum absolute atomic E-state index is 0.122. The van der Waals surface area contributed by atoms with Crippen molar-refractivity contribution in [3.63, 3.8) is 0 Å². The highest BCUT2D eigenvalue weighted by molar-refractivity contribution is 9.10. The van der Waals surface area contributed by atoms with Gasteiger partial charge in [0, 0.05) is 18.1 Å². The van der Waals surface area contributed by atoms with Gasteiger partial charge in [0.05, 0.1) is 11.2 Å². The van der Waals surface area contributed by atoms with Gasteiger partial charge in [0.1, 0.15) is 4.90 Å². The summed E-state index contributed by atoms with van der Waals surface area (Å²) in [7, 11) is -3.10. The minimum atomic E-state index is -4.28. The molecule has 2 N–H and O–H groups in total. The zero-order chi connectivity index (χ0) is 16.6. The molecule has 0 saturated carbocycles. The Bertz CT molecular complexity index is 669. The van der Waals surface area contributed by atoms with E-state index >= 15 is 0 Å². The standard InChI is InChI=1S/C12H15BrFNO5S/c1-12(2,18)6-15(3)21(19,20)9-5-7(13)4-8(10(9)14)11(16)17/h4-5,18H,6H2,1-3H3,(H,16,17). The van der Waals surface area contributed by atoms with E-state index in [9.17, 15) is 22.7 Å². The number of hydrogen-bond donors (Lipinski definition) is 2. The third-order valence-corrected chi connectivity index (χ3v) is 4.79. The van der Waals surface area contributed by atoms with Gasteiger partial charge in [-0.3, -0.25) is 0 Å². The Kier molecular flexibility index (Phi) is 5.14. The van der Waals surface area contributed by atoms with Gasteiger partial charge in [-0.1, -0.05) is 15.9 Å². The fourth-order valence-corrected chi connectivity index (χ4v) is 3.75. The number of rotatable bonds is 5. The Hall–Kier alpha value is -1.03. The van der Waals surface area contributed by atoms with E-state index < -0.39 is 37.9 Å². The molecular weight excluding hydrogens is 369 g/mol. The van der Waals surface area contributed by atoms with Gasteiger partial charge in [-0.05, 0) is 26.0 Å². The van der Waals surface area contributed by atoms with Gasteiger partial charge in [0.25, 0.3) is 0 Å². The molecule has 0 aliphatic heterocycles. The average molecular weight is 384 g/mol. The summed E-state index contributed by atoms with van der Waals surface area (Å²) in [6.45, 7) is 2.53. The van der Waals surface area contributed by atoms with Crippen molar-refractivity contribution in [3.05, 3.63) is 28.0 Å². The van der Waals surface area contributed by atoms with Crippen LogP contribution in [0.4, 0.5) is 4.39 Å². The molecule has 1 aromatic rings. The van der Waals surface area contributed by atoms with Gasteiger partial charge in [-0.25, -0.2) is 17.6 Å². The summed E-state index contributed by atoms with van der Waals surface area (Å²) in [5.41, 5.74) is -2.07. The van der Waals surface area contributed by atoms with Crippen molar-refractivity contribution in [2.45, 2.75) is 24.3 Å². The number of nitrogens with zero attached hydrogens (tertiary/aromatic N) is 1. The minimum Gasteiger partial charge on any atom is -0.478 e. The van der Waals surface area contributed by atoms with Crippen LogP contribution < -0.4 is 0 Å². The van der Waals surface area contributed by atoms with Crippen LogP contribution in [0.1, 0.15) is 24.2 Å². The number of carboxylic acids is 1. The van der Waals surface area contributed by atoms with Crippen LogP contribution in [0.5, 0.6) is 0 Å². The number of sulfonamides is 1. The lowest BCUT2D eigenvalue weighted by Gasteiger charge is -2.25. The van der Waals surface area contributed by atoms with E-state index in [-0.39, 0.29) is 11.0 Å². The molecule has 0 radical (unpaired) electrons. The van der Waals surface area contributed by atoms with Crippen LogP contribution in [0.2, 0.25) is 0 Å². The Morgan fingerprint density at radius 2 is 1.95 bits per heavy atom. The van der Waals surface area contributed by atoms with Gasteiger partial charge >= 0.3 is 5.97 Å². The number of benzene rings is 1. The molecule has 0 heterocycles. The summed E-state index contributed by atoms with van der Waals surface area (Å²) in [4.78, 5) is 10.2. The molecule has 0 aliphatic carbocycles. The molecule has 0 aromatic heterocycles. The molecule has 21 heavy (non-hydrogen) atoms. The maximum absolute atomic E-state index is 14.1. The van der Waals surface area contributed by atoms with Crippen molar-refractivity contribution in [1.29, 1.82) is 0 Å². The number of carboxylic acid groups (broad SMARTS) is 1. The third-order valence-electron chi connectivity index (χ3n) is 2.53. The SMILES string of the molecule is CN(CC(C)(C)O)S(=O)(=O)c1cc(Br)cc(C(=O)O)c1F. The predicted molar refractivity (Wildman–Crippen MR) is 77.2 cm³/mol. The first-order valence-corrected chi connectivity index (χ1v) is 8.00. The molecule has 0 atom stereocenters. The van der Waals surface area contributed by atoms with E-state index in [1.165, 1.54) is 20.9 Å². The Morgan fingerprint density at radius 3 is 2.38 bits per heavy atom. The summed E-state index contributed by atoms with van der Waals surface area (Å²) in [5, 5.41) is 18.6. The lowest BCUT2D eigenvalue weighted by molar-refractivity contribution is 0.0637. The van der Waals surface area contributed by atoms with E-state index in [1.54, 1.807) is 0 Å². The fourth-order valence-electron chi connectivity index (χ4n) is 1.71. The lowest BCUT2D eigenvalue weighted by Crippen LogP contribution is -2.40. The van der Waals surface area contributed by atoms with Crippen LogP contribution in [-0.4, -0.2) is 48.1 Å². The summed E-state index contributed by atoms with van der Waals surface area (Å²) in [6, 6.07) is 1.96. The summed E-state index contributed by atoms with van der Waals surface area (Å²) in [6.07, 6.45) is 0. The largest absolute Gasteiger partial charge is 0.478 e. The van der Waals surface area contributed by atoms with Gasteiger partial charge in [0.15, 0.2) is 5.82 Å². The molecule has 6 nitrogen and oxygen atoms in total. The second-order valence-corrected chi connectivity index (χ2v) is 8.07. The highest BCUT2D eigenvalue weighted by Crippen LogP contribution is 2.26. The Balaban J connectivity index is 3.42. The first kappa shape index (κ1) is 18.0. The molecule has 0 unspecified atom stereocenters.